The summed E-state index contributed by atoms with van der Waals surface area (Å²) < 4.78 is 32.5. The fraction of sp³-hybridized carbons (Fsp3) is 0.500. The largest absolute Gasteiger partial charge is 0.479 e. The van der Waals surface area contributed by atoms with Crippen molar-refractivity contribution in [1.29, 1.82) is 0 Å². The molecule has 0 radical (unpaired) electrons. The summed E-state index contributed by atoms with van der Waals surface area (Å²) in [4.78, 5) is 59.8. The van der Waals surface area contributed by atoms with E-state index in [1.165, 1.54) is 4.90 Å². The monoisotopic (exact) mass is 654 g/mol. The van der Waals surface area contributed by atoms with Gasteiger partial charge in [0.05, 0.1) is 12.5 Å². The fourth-order valence-electron chi connectivity index (χ4n) is 6.16. The maximum atomic E-state index is 14.2. The number of nitrogens with zero attached hydrogens (tertiary/aromatic N) is 2. The minimum absolute atomic E-state index is 0.101. The zero-order valence-corrected chi connectivity index (χ0v) is 27.2. The minimum Gasteiger partial charge on any atom is -0.479 e. The van der Waals surface area contributed by atoms with Crippen molar-refractivity contribution in [2.75, 3.05) is 6.54 Å². The van der Waals surface area contributed by atoms with E-state index < -0.39 is 77.4 Å². The highest BCUT2D eigenvalue weighted by Gasteiger charge is 2.66. The van der Waals surface area contributed by atoms with E-state index in [-0.39, 0.29) is 13.0 Å². The molecule has 1 heterocycles. The molecule has 13 heteroatoms. The van der Waals surface area contributed by atoms with E-state index >= 15 is 0 Å². The van der Waals surface area contributed by atoms with Gasteiger partial charge < -0.3 is 30.2 Å². The molecular formula is C34H40F2N4O7. The number of benzene rings is 2. The van der Waals surface area contributed by atoms with Crippen molar-refractivity contribution in [3.63, 3.8) is 0 Å². The lowest BCUT2D eigenvalue weighted by Crippen LogP contribution is -2.59. The molecule has 3 amide bonds. The Morgan fingerprint density at radius 2 is 1.51 bits per heavy atom. The third-order valence-electron chi connectivity index (χ3n) is 8.62. The molecule has 2 aromatic rings. The number of halogens is 2. The Bertz CT molecular complexity index is 1570. The molecule has 5 rings (SSSR count). The summed E-state index contributed by atoms with van der Waals surface area (Å²) in [6.07, 6.45) is -5.17. The van der Waals surface area contributed by atoms with Crippen LogP contribution in [0.4, 0.5) is 13.6 Å². The molecule has 2 fully saturated rings. The molecule has 0 aromatic heterocycles. The summed E-state index contributed by atoms with van der Waals surface area (Å²) in [6, 6.07) is 12.9. The average Bonchev–Trinajstić information content (AvgIpc) is 3.42. The van der Waals surface area contributed by atoms with Gasteiger partial charge in [0, 0.05) is 17.5 Å². The second-order valence-corrected chi connectivity index (χ2v) is 14.4. The average molecular weight is 655 g/mol. The molecule has 2 aromatic carbocycles. The van der Waals surface area contributed by atoms with Gasteiger partial charge in [0.2, 0.25) is 18.2 Å². The van der Waals surface area contributed by atoms with Crippen molar-refractivity contribution < 1.29 is 42.6 Å². The van der Waals surface area contributed by atoms with E-state index in [1.807, 2.05) is 48.5 Å². The first-order chi connectivity index (χ1) is 21.9. The van der Waals surface area contributed by atoms with Gasteiger partial charge in [0.1, 0.15) is 35.0 Å². The van der Waals surface area contributed by atoms with Crippen molar-refractivity contribution >= 4 is 29.6 Å². The molecule has 11 nitrogen and oxygen atoms in total. The highest BCUT2D eigenvalue weighted by molar-refractivity contribution is 6.24. The van der Waals surface area contributed by atoms with E-state index in [2.05, 4.69) is 15.8 Å². The molecule has 0 unspecified atom stereocenters. The number of nitrogens with one attached hydrogen (secondary N) is 2. The topological polar surface area (TPSA) is 147 Å². The number of ether oxygens (including phenoxy) is 1. The molecule has 1 saturated carbocycles. The number of carbonyl (C=O) groups excluding carboxylic acids is 3. The molecule has 5 atom stereocenters. The third kappa shape index (κ3) is 6.79. The molecule has 1 saturated heterocycles. The van der Waals surface area contributed by atoms with E-state index in [9.17, 15) is 33.1 Å². The molecular weight excluding hydrogens is 614 g/mol. The fourth-order valence-corrected chi connectivity index (χ4v) is 6.16. The zero-order valence-electron chi connectivity index (χ0n) is 27.2. The summed E-state index contributed by atoms with van der Waals surface area (Å²) in [6.45, 7) is 10.1. The van der Waals surface area contributed by atoms with Crippen LogP contribution in [-0.2, 0) is 24.0 Å². The summed E-state index contributed by atoms with van der Waals surface area (Å²) in [7, 11) is 0. The SMILES string of the molecule is CC(C)(C)OC(=O)N[C@H](C(=O)N1C[C@H](ON=C2c3ccccc3-c3ccccc32)C[C@H]1C(=O)N[C@]1(C(=O)O)C[C@H]1C(F)F)C(C)(C)C. The number of alkyl halides is 2. The normalized spacial score (nSPS) is 23.8. The molecule has 252 valence electrons. The smallest absolute Gasteiger partial charge is 0.408 e. The minimum atomic E-state index is -2.96. The van der Waals surface area contributed by atoms with Crippen molar-refractivity contribution in [2.24, 2.45) is 16.5 Å². The van der Waals surface area contributed by atoms with Gasteiger partial charge in [-0.3, -0.25) is 9.59 Å². The molecule has 0 spiro atoms. The van der Waals surface area contributed by atoms with Crippen LogP contribution < -0.4 is 10.6 Å². The van der Waals surface area contributed by atoms with Crippen LogP contribution in [0.25, 0.3) is 11.1 Å². The molecule has 3 aliphatic rings. The third-order valence-corrected chi connectivity index (χ3v) is 8.62. The molecule has 1 aliphatic heterocycles. The summed E-state index contributed by atoms with van der Waals surface area (Å²) >= 11 is 0. The Morgan fingerprint density at radius 1 is 0.957 bits per heavy atom. The van der Waals surface area contributed by atoms with Gasteiger partial charge in [-0.15, -0.1) is 0 Å². The Labute approximate surface area is 271 Å². The number of oxime groups is 1. The second kappa shape index (κ2) is 12.2. The van der Waals surface area contributed by atoms with Crippen LogP contribution in [0.5, 0.6) is 0 Å². The number of carboxylic acid groups (broad SMARTS) is 1. The van der Waals surface area contributed by atoms with Crippen LogP contribution in [0.3, 0.4) is 0 Å². The Balaban J connectivity index is 1.44. The van der Waals surface area contributed by atoms with Gasteiger partial charge in [-0.25, -0.2) is 18.4 Å². The number of likely N-dealkylation sites (tertiary alicyclic amines) is 1. The summed E-state index contributed by atoms with van der Waals surface area (Å²) in [5.74, 6) is -4.70. The van der Waals surface area contributed by atoms with Crippen LogP contribution in [-0.4, -0.2) is 81.9 Å². The number of hydrogen-bond donors (Lipinski definition) is 3. The number of amides is 3. The number of hydrogen-bond acceptors (Lipinski definition) is 7. The first-order valence-electron chi connectivity index (χ1n) is 15.5. The predicted octanol–water partition coefficient (Wildman–Crippen LogP) is 4.57. The Hall–Kier alpha value is -4.55. The van der Waals surface area contributed by atoms with Crippen molar-refractivity contribution in [1.82, 2.24) is 15.5 Å². The number of rotatable bonds is 8. The van der Waals surface area contributed by atoms with Gasteiger partial charge >= 0.3 is 12.1 Å². The first kappa shape index (κ1) is 33.8. The van der Waals surface area contributed by atoms with Gasteiger partial charge in [-0.1, -0.05) is 74.5 Å². The van der Waals surface area contributed by atoms with Gasteiger partial charge in [-0.05, 0) is 43.7 Å². The van der Waals surface area contributed by atoms with Crippen LogP contribution >= 0.6 is 0 Å². The van der Waals surface area contributed by atoms with Crippen molar-refractivity contribution in [3.05, 3.63) is 59.7 Å². The lowest BCUT2D eigenvalue weighted by atomic mass is 9.85. The number of carboxylic acids is 1. The number of alkyl carbamates (subject to hydrolysis) is 1. The first-order valence-corrected chi connectivity index (χ1v) is 15.5. The summed E-state index contributed by atoms with van der Waals surface area (Å²) in [5, 5.41) is 19.2. The summed E-state index contributed by atoms with van der Waals surface area (Å²) in [5.41, 5.74) is 0.367. The molecule has 0 bridgehead atoms. The molecule has 3 N–H and O–H groups in total. The van der Waals surface area contributed by atoms with E-state index in [4.69, 9.17) is 9.57 Å². The lowest BCUT2D eigenvalue weighted by molar-refractivity contribution is -0.147. The Kier molecular flexibility index (Phi) is 8.80. The lowest BCUT2D eigenvalue weighted by Gasteiger charge is -2.35. The quantitative estimate of drug-likeness (QED) is 0.302. The number of carbonyl (C=O) groups is 4. The van der Waals surface area contributed by atoms with E-state index in [1.54, 1.807) is 41.5 Å². The van der Waals surface area contributed by atoms with Gasteiger partial charge in [0.25, 0.3) is 0 Å². The van der Waals surface area contributed by atoms with Crippen molar-refractivity contribution in [2.45, 2.75) is 90.1 Å². The van der Waals surface area contributed by atoms with E-state index in [0.717, 1.165) is 22.3 Å². The van der Waals surface area contributed by atoms with Crippen molar-refractivity contribution in [3.8, 4) is 11.1 Å². The van der Waals surface area contributed by atoms with Gasteiger partial charge in [0.15, 0.2) is 0 Å². The zero-order chi connectivity index (χ0) is 34.5. The second-order valence-electron chi connectivity index (χ2n) is 14.4. The van der Waals surface area contributed by atoms with Crippen LogP contribution in [0.15, 0.2) is 53.7 Å². The predicted molar refractivity (Wildman–Crippen MR) is 168 cm³/mol. The Morgan fingerprint density at radius 3 is 1.98 bits per heavy atom. The molecule has 2 aliphatic carbocycles. The highest BCUT2D eigenvalue weighted by Crippen LogP contribution is 2.48. The van der Waals surface area contributed by atoms with Crippen LogP contribution in [0, 0.1) is 11.3 Å². The number of aliphatic carboxylic acids is 1. The standard InChI is InChI=1S/C34H40F2N4O7/c1-32(2,3)26(37-31(45)46-33(4,5)6)29(42)40-17-18(15-24(40)28(41)38-34(30(43)44)16-23(34)27(35)36)47-39-25-21-13-9-7-11-19(21)20-12-8-10-14-22(20)25/h7-14,18,23-24,26-27H,15-17H2,1-6H3,(H,37,45)(H,38,41)(H,43,44)/t18-,23+,24+,26-,34-/m1/s1. The maximum absolute atomic E-state index is 14.2. The maximum Gasteiger partial charge on any atom is 0.408 e. The van der Waals surface area contributed by atoms with Crippen LogP contribution in [0.1, 0.15) is 65.5 Å². The molecule has 47 heavy (non-hydrogen) atoms. The highest BCUT2D eigenvalue weighted by atomic mass is 19.3. The van der Waals surface area contributed by atoms with E-state index in [0.29, 0.717) is 5.71 Å². The van der Waals surface area contributed by atoms with Crippen LogP contribution in [0.2, 0.25) is 0 Å². The van der Waals surface area contributed by atoms with Gasteiger partial charge in [-0.2, -0.15) is 0 Å². The number of fused-ring (bicyclic) bond motifs is 3.